The Labute approximate surface area is 148 Å². The van der Waals surface area contributed by atoms with Gasteiger partial charge in [0.1, 0.15) is 11.6 Å². The Hall–Kier alpha value is -2.03. The van der Waals surface area contributed by atoms with E-state index in [0.717, 1.165) is 7.11 Å². The number of nitrogens with one attached hydrogen (secondary N) is 1. The zero-order valence-electron chi connectivity index (χ0n) is 13.0. The van der Waals surface area contributed by atoms with Crippen LogP contribution < -0.4 is 4.72 Å². The van der Waals surface area contributed by atoms with Crippen LogP contribution in [0, 0.1) is 11.6 Å². The molecule has 0 aliphatic rings. The Morgan fingerprint density at radius 2 is 1.80 bits per heavy atom. The zero-order chi connectivity index (χ0) is 18.6. The maximum absolute atomic E-state index is 13.3. The van der Waals surface area contributed by atoms with Crippen LogP contribution in [0.25, 0.3) is 0 Å². The first-order valence-corrected chi connectivity index (χ1v) is 8.88. The molecule has 134 valence electrons. The molecule has 25 heavy (non-hydrogen) atoms. The summed E-state index contributed by atoms with van der Waals surface area (Å²) in [5.74, 6) is -2.76. The fraction of sp³-hybridized carbons (Fsp3) is 0.188. The van der Waals surface area contributed by atoms with Crippen molar-refractivity contribution in [1.29, 1.82) is 0 Å². The minimum atomic E-state index is -4.32. The van der Waals surface area contributed by atoms with Crippen LogP contribution in [-0.2, 0) is 19.6 Å². The number of carbonyl (C=O) groups excluding carboxylic acids is 1. The van der Waals surface area contributed by atoms with Crippen molar-refractivity contribution in [3.05, 3.63) is 64.7 Å². The molecule has 9 heteroatoms. The molecule has 1 unspecified atom stereocenters. The summed E-state index contributed by atoms with van der Waals surface area (Å²) in [6.07, 6.45) is -0.350. The number of sulfonamides is 1. The monoisotopic (exact) mass is 389 g/mol. The summed E-state index contributed by atoms with van der Waals surface area (Å²) in [4.78, 5) is 11.0. The fourth-order valence-electron chi connectivity index (χ4n) is 2.16. The van der Waals surface area contributed by atoms with E-state index in [1.165, 1.54) is 12.1 Å². The van der Waals surface area contributed by atoms with Crippen LogP contribution in [0.3, 0.4) is 0 Å². The van der Waals surface area contributed by atoms with Gasteiger partial charge in [0.15, 0.2) is 0 Å². The second-order valence-electron chi connectivity index (χ2n) is 5.08. The lowest BCUT2D eigenvalue weighted by Crippen LogP contribution is -2.31. The molecule has 1 N–H and O–H groups in total. The highest BCUT2D eigenvalue weighted by molar-refractivity contribution is 7.89. The van der Waals surface area contributed by atoms with E-state index in [1.807, 2.05) is 0 Å². The van der Waals surface area contributed by atoms with E-state index in [1.54, 1.807) is 12.1 Å². The van der Waals surface area contributed by atoms with E-state index >= 15 is 0 Å². The van der Waals surface area contributed by atoms with Crippen molar-refractivity contribution in [2.75, 3.05) is 7.11 Å². The van der Waals surface area contributed by atoms with Crippen LogP contribution in [0.5, 0.6) is 0 Å². The number of carbonyl (C=O) groups is 1. The lowest BCUT2D eigenvalue weighted by Gasteiger charge is -2.19. The van der Waals surface area contributed by atoms with E-state index in [0.29, 0.717) is 23.8 Å². The third-order valence-corrected chi connectivity index (χ3v) is 5.12. The number of methoxy groups -OCH3 is 1. The third kappa shape index (κ3) is 4.97. The SMILES string of the molecule is COC(=O)CC(NS(=O)(=O)c1cc(F)cc(F)c1)c1ccccc1Cl. The largest absolute Gasteiger partial charge is 0.469 e. The summed E-state index contributed by atoms with van der Waals surface area (Å²) in [5.41, 5.74) is 0.329. The number of hydrogen-bond donors (Lipinski definition) is 1. The third-order valence-electron chi connectivity index (χ3n) is 3.32. The van der Waals surface area contributed by atoms with Crippen LogP contribution >= 0.6 is 11.6 Å². The predicted octanol–water partition coefficient (Wildman–Crippen LogP) is 3.20. The summed E-state index contributed by atoms with van der Waals surface area (Å²) in [6, 6.07) is 7.14. The maximum Gasteiger partial charge on any atom is 0.307 e. The standard InChI is InChI=1S/C16H14ClF2NO4S/c1-24-16(21)9-15(13-4-2-3-5-14(13)17)20-25(22,23)12-7-10(18)6-11(19)8-12/h2-8,15,20H,9H2,1H3. The van der Waals surface area contributed by atoms with Crippen LogP contribution in [0.1, 0.15) is 18.0 Å². The van der Waals surface area contributed by atoms with Gasteiger partial charge in [-0.3, -0.25) is 4.79 Å². The van der Waals surface area contributed by atoms with Gasteiger partial charge in [0, 0.05) is 11.1 Å². The summed E-state index contributed by atoms with van der Waals surface area (Å²) >= 11 is 6.06. The Bertz CT molecular complexity index is 869. The zero-order valence-corrected chi connectivity index (χ0v) is 14.6. The van der Waals surface area contributed by atoms with Gasteiger partial charge in [-0.2, -0.15) is 0 Å². The lowest BCUT2D eigenvalue weighted by molar-refractivity contribution is -0.141. The molecule has 0 aliphatic carbocycles. The molecular weight excluding hydrogens is 376 g/mol. The Morgan fingerprint density at radius 3 is 2.36 bits per heavy atom. The Kier molecular flexibility index (Phi) is 6.10. The molecule has 0 amide bonds. The van der Waals surface area contributed by atoms with Crippen LogP contribution in [0.4, 0.5) is 8.78 Å². The van der Waals surface area contributed by atoms with Gasteiger partial charge in [-0.05, 0) is 23.8 Å². The van der Waals surface area contributed by atoms with E-state index in [9.17, 15) is 22.0 Å². The van der Waals surface area contributed by atoms with Gasteiger partial charge in [-0.25, -0.2) is 21.9 Å². The highest BCUT2D eigenvalue weighted by Crippen LogP contribution is 2.27. The van der Waals surface area contributed by atoms with Gasteiger partial charge in [-0.15, -0.1) is 0 Å². The topological polar surface area (TPSA) is 72.5 Å². The van der Waals surface area contributed by atoms with Crippen molar-refractivity contribution in [2.45, 2.75) is 17.4 Å². The molecule has 2 rings (SSSR count). The highest BCUT2D eigenvalue weighted by Gasteiger charge is 2.26. The number of rotatable bonds is 6. The van der Waals surface area contributed by atoms with E-state index in [-0.39, 0.29) is 11.4 Å². The Balaban J connectivity index is 2.41. The smallest absolute Gasteiger partial charge is 0.307 e. The number of ether oxygens (including phenoxy) is 1. The molecule has 2 aromatic carbocycles. The van der Waals surface area contributed by atoms with Gasteiger partial charge in [0.05, 0.1) is 24.5 Å². The number of esters is 1. The van der Waals surface area contributed by atoms with Gasteiger partial charge < -0.3 is 4.74 Å². The first-order valence-electron chi connectivity index (χ1n) is 7.02. The summed E-state index contributed by atoms with van der Waals surface area (Å²) in [6.45, 7) is 0. The summed E-state index contributed by atoms with van der Waals surface area (Å²) in [7, 11) is -3.16. The van der Waals surface area contributed by atoms with Gasteiger partial charge >= 0.3 is 5.97 Å². The van der Waals surface area contributed by atoms with Crippen molar-refractivity contribution < 1.29 is 26.7 Å². The predicted molar refractivity (Wildman–Crippen MR) is 87.5 cm³/mol. The Morgan fingerprint density at radius 1 is 1.20 bits per heavy atom. The van der Waals surface area contributed by atoms with Crippen LogP contribution in [0.15, 0.2) is 47.4 Å². The molecule has 0 spiro atoms. The quantitative estimate of drug-likeness (QED) is 0.770. The summed E-state index contributed by atoms with van der Waals surface area (Å²) in [5, 5.41) is 0.226. The molecule has 0 aliphatic heterocycles. The van der Waals surface area contributed by atoms with E-state index in [2.05, 4.69) is 9.46 Å². The van der Waals surface area contributed by atoms with Crippen molar-refractivity contribution in [3.8, 4) is 0 Å². The second kappa shape index (κ2) is 7.90. The molecule has 5 nitrogen and oxygen atoms in total. The first-order chi connectivity index (χ1) is 11.7. The van der Waals surface area contributed by atoms with Crippen molar-refractivity contribution in [2.24, 2.45) is 0 Å². The normalized spacial score (nSPS) is 12.6. The maximum atomic E-state index is 13.3. The molecule has 0 aromatic heterocycles. The first kappa shape index (κ1) is 19.3. The summed E-state index contributed by atoms with van der Waals surface area (Å²) < 4.78 is 58.4. The average molecular weight is 390 g/mol. The van der Waals surface area contributed by atoms with Gasteiger partial charge in [-0.1, -0.05) is 29.8 Å². The lowest BCUT2D eigenvalue weighted by atomic mass is 10.1. The second-order valence-corrected chi connectivity index (χ2v) is 7.20. The molecule has 2 aromatic rings. The van der Waals surface area contributed by atoms with E-state index in [4.69, 9.17) is 11.6 Å². The number of benzene rings is 2. The van der Waals surface area contributed by atoms with Crippen molar-refractivity contribution in [3.63, 3.8) is 0 Å². The molecule has 0 fully saturated rings. The molecular formula is C16H14ClF2NO4S. The molecule has 0 saturated carbocycles. The van der Waals surface area contributed by atoms with Crippen molar-refractivity contribution >= 4 is 27.6 Å². The molecule has 0 saturated heterocycles. The van der Waals surface area contributed by atoms with Crippen molar-refractivity contribution in [1.82, 2.24) is 4.72 Å². The fourth-order valence-corrected chi connectivity index (χ4v) is 3.69. The van der Waals surface area contributed by atoms with E-state index < -0.39 is 38.6 Å². The number of halogens is 3. The molecule has 0 bridgehead atoms. The molecule has 1 atom stereocenters. The van der Waals surface area contributed by atoms with Crippen LogP contribution in [0.2, 0.25) is 5.02 Å². The minimum absolute atomic E-state index is 0.226. The molecule has 0 heterocycles. The minimum Gasteiger partial charge on any atom is -0.469 e. The average Bonchev–Trinajstić information content (AvgIpc) is 2.53. The molecule has 0 radical (unpaired) electrons. The van der Waals surface area contributed by atoms with Gasteiger partial charge in [0.2, 0.25) is 10.0 Å². The highest BCUT2D eigenvalue weighted by atomic mass is 35.5. The van der Waals surface area contributed by atoms with Gasteiger partial charge in [0.25, 0.3) is 0 Å². The van der Waals surface area contributed by atoms with Crippen LogP contribution in [-0.4, -0.2) is 21.5 Å². The number of hydrogen-bond acceptors (Lipinski definition) is 4.